The molecule has 0 aromatic heterocycles. The summed E-state index contributed by atoms with van der Waals surface area (Å²) >= 11 is 0. The number of nitrogens with zero attached hydrogens (tertiary/aromatic N) is 4. The van der Waals surface area contributed by atoms with Gasteiger partial charge in [-0.05, 0) is 0 Å². The lowest BCUT2D eigenvalue weighted by Crippen LogP contribution is -2.65. The number of hydrogen-bond acceptors (Lipinski definition) is 8. The van der Waals surface area contributed by atoms with Crippen molar-refractivity contribution in [3.63, 3.8) is 0 Å². The Hall–Kier alpha value is -2.38. The van der Waals surface area contributed by atoms with Crippen LogP contribution in [0.2, 0.25) is 0 Å². The zero-order chi connectivity index (χ0) is 10.8. The molecule has 14 heteroatoms. The summed E-state index contributed by atoms with van der Waals surface area (Å²) in [5.74, 6) is 0. The van der Waals surface area contributed by atoms with E-state index in [0.29, 0.717) is 0 Å². The topological polar surface area (TPSA) is 209 Å². The SMILES string of the molecule is O=[N+]([O-])[B-]([N+](=O)[O-])([N+](=O)[O-])[N+](=O)[O-].[NH4+]. The fraction of sp³-hybridized carbons (Fsp3) is 0. The van der Waals surface area contributed by atoms with Gasteiger partial charge in [0.05, 0.1) is 0 Å². The van der Waals surface area contributed by atoms with E-state index < -0.39 is 26.0 Å². The van der Waals surface area contributed by atoms with E-state index in [-0.39, 0.29) is 6.15 Å². The first-order valence-electron chi connectivity index (χ1n) is 2.49. The second-order valence-electron chi connectivity index (χ2n) is 1.83. The van der Waals surface area contributed by atoms with Crippen molar-refractivity contribution >= 4 is 6.69 Å². The van der Waals surface area contributed by atoms with Crippen molar-refractivity contribution in [3.05, 3.63) is 40.5 Å². The monoisotopic (exact) mass is 213 g/mol. The minimum Gasteiger partial charge on any atom is -0.369 e. The summed E-state index contributed by atoms with van der Waals surface area (Å²) in [6.07, 6.45) is 0. The van der Waals surface area contributed by atoms with Crippen molar-refractivity contribution in [1.82, 2.24) is 6.15 Å². The molecule has 0 atom stereocenters. The van der Waals surface area contributed by atoms with Gasteiger partial charge >= 0.3 is 6.69 Å². The Morgan fingerprint density at radius 1 is 0.643 bits per heavy atom. The summed E-state index contributed by atoms with van der Waals surface area (Å²) in [4.78, 5) is 30.9. The minimum absolute atomic E-state index is 0. The van der Waals surface area contributed by atoms with Crippen molar-refractivity contribution in [2.75, 3.05) is 0 Å². The van der Waals surface area contributed by atoms with Crippen LogP contribution in [0.4, 0.5) is 0 Å². The molecule has 80 valence electrons. The highest BCUT2D eigenvalue weighted by molar-refractivity contribution is 6.46. The summed E-state index contributed by atoms with van der Waals surface area (Å²) in [5, 5.41) is 39.4. The zero-order valence-electron chi connectivity index (χ0n) is 6.63. The highest BCUT2D eigenvalue weighted by Crippen LogP contribution is 2.06. The van der Waals surface area contributed by atoms with Crippen LogP contribution in [-0.4, -0.2) is 26.0 Å². The largest absolute Gasteiger partial charge is 1.26 e. The number of nitro groups is 4. The van der Waals surface area contributed by atoms with Crippen LogP contribution >= 0.6 is 0 Å². The Balaban J connectivity index is 0. The van der Waals surface area contributed by atoms with Gasteiger partial charge in [-0.3, -0.25) is 0 Å². The van der Waals surface area contributed by atoms with Crippen molar-refractivity contribution in [2.45, 2.75) is 0 Å². The van der Waals surface area contributed by atoms with Crippen LogP contribution in [0.15, 0.2) is 0 Å². The lowest BCUT2D eigenvalue weighted by molar-refractivity contribution is -0.722. The third-order valence-electron chi connectivity index (χ3n) is 1.13. The number of quaternary nitrogens is 1. The van der Waals surface area contributed by atoms with Crippen molar-refractivity contribution in [3.8, 4) is 0 Å². The van der Waals surface area contributed by atoms with Crippen molar-refractivity contribution < 1.29 is 19.3 Å². The third-order valence-corrected chi connectivity index (χ3v) is 1.13. The van der Waals surface area contributed by atoms with Gasteiger partial charge in [-0.1, -0.05) is 0 Å². The molecule has 0 radical (unpaired) electrons. The summed E-state index contributed by atoms with van der Waals surface area (Å²) in [6, 6.07) is 0. The number of rotatable bonds is 4. The predicted octanol–water partition coefficient (Wildman–Crippen LogP) is -1.09. The summed E-state index contributed by atoms with van der Waals surface area (Å²) in [5.41, 5.74) is 0. The number of hydrogen-bond donors (Lipinski definition) is 1. The Kier molecular flexibility index (Phi) is 4.08. The Morgan fingerprint density at radius 2 is 0.786 bits per heavy atom. The first-order chi connectivity index (χ1) is 5.77. The van der Waals surface area contributed by atoms with Gasteiger partial charge in [-0.2, -0.15) is 0 Å². The van der Waals surface area contributed by atoms with E-state index in [4.69, 9.17) is 0 Å². The quantitative estimate of drug-likeness (QED) is 0.343. The van der Waals surface area contributed by atoms with E-state index in [1.54, 1.807) is 0 Å². The molecule has 13 nitrogen and oxygen atoms in total. The normalized spacial score (nSPS) is 9.71. The smallest absolute Gasteiger partial charge is 0.369 e. The summed E-state index contributed by atoms with van der Waals surface area (Å²) in [6.45, 7) is -5.33. The molecule has 0 aromatic carbocycles. The molecule has 14 heavy (non-hydrogen) atoms. The van der Waals surface area contributed by atoms with Crippen LogP contribution in [-0.2, 0) is 0 Å². The van der Waals surface area contributed by atoms with Crippen molar-refractivity contribution in [1.29, 1.82) is 0 Å². The fourth-order valence-corrected chi connectivity index (χ4v) is 0.462. The Morgan fingerprint density at radius 3 is 0.786 bits per heavy atom. The molecule has 0 aliphatic heterocycles. The zero-order valence-corrected chi connectivity index (χ0v) is 6.63. The molecular weight excluding hydrogens is 209 g/mol. The summed E-state index contributed by atoms with van der Waals surface area (Å²) in [7, 11) is 0. The van der Waals surface area contributed by atoms with Crippen LogP contribution in [0.5, 0.6) is 0 Å². The predicted molar refractivity (Wildman–Crippen MR) is 39.7 cm³/mol. The Bertz CT molecular complexity index is 233. The molecule has 0 saturated carbocycles. The molecule has 0 spiro atoms. The van der Waals surface area contributed by atoms with Gasteiger partial charge < -0.3 is 46.6 Å². The molecule has 0 heterocycles. The maximum atomic E-state index is 9.85. The maximum absolute atomic E-state index is 9.85. The summed E-state index contributed by atoms with van der Waals surface area (Å²) < 4.78 is 0. The molecule has 0 aromatic rings. The van der Waals surface area contributed by atoms with E-state index in [1.165, 1.54) is 0 Å². The lowest BCUT2D eigenvalue weighted by Gasteiger charge is -2.03. The molecule has 0 rings (SSSR count). The standard InChI is InChI=1S/BN4O8.H3N/c6-2(7)1(3(8)9,4(10)11)5(12)13;/h;1H3/q-1;/p+1. The maximum Gasteiger partial charge on any atom is 1.26 e. The lowest BCUT2D eigenvalue weighted by atomic mass is 9.80. The van der Waals surface area contributed by atoms with Gasteiger partial charge in [0.25, 0.3) is 0 Å². The highest BCUT2D eigenvalue weighted by atomic mass is 16.7. The highest BCUT2D eigenvalue weighted by Gasteiger charge is 2.92. The van der Waals surface area contributed by atoms with Gasteiger partial charge in [0.15, 0.2) is 0 Å². The van der Waals surface area contributed by atoms with Gasteiger partial charge in [-0.15, -0.1) is 0 Å². The van der Waals surface area contributed by atoms with E-state index >= 15 is 0 Å². The van der Waals surface area contributed by atoms with E-state index in [0.717, 1.165) is 0 Å². The van der Waals surface area contributed by atoms with Crippen molar-refractivity contribution in [2.24, 2.45) is 0 Å². The van der Waals surface area contributed by atoms with Crippen LogP contribution in [0, 0.1) is 40.5 Å². The average Bonchev–Trinajstić information content (AvgIpc) is 1.82. The van der Waals surface area contributed by atoms with E-state index in [1.807, 2.05) is 0 Å². The molecule has 0 unspecified atom stereocenters. The van der Waals surface area contributed by atoms with Crippen LogP contribution < -0.4 is 6.15 Å². The average molecular weight is 213 g/mol. The second kappa shape index (κ2) is 4.03. The van der Waals surface area contributed by atoms with Crippen LogP contribution in [0.3, 0.4) is 0 Å². The molecule has 0 aliphatic carbocycles. The molecule has 0 saturated heterocycles. The van der Waals surface area contributed by atoms with Crippen LogP contribution in [0.25, 0.3) is 0 Å². The van der Waals surface area contributed by atoms with E-state index in [9.17, 15) is 40.5 Å². The molecule has 0 amide bonds. The minimum atomic E-state index is -5.33. The van der Waals surface area contributed by atoms with Gasteiger partial charge in [0.1, 0.15) is 0 Å². The fourth-order valence-electron chi connectivity index (χ4n) is 0.462. The van der Waals surface area contributed by atoms with E-state index in [2.05, 4.69) is 0 Å². The Labute approximate surface area is 73.9 Å². The molecular formula is H4BN5O8. The van der Waals surface area contributed by atoms with Gasteiger partial charge in [-0.25, -0.2) is 0 Å². The van der Waals surface area contributed by atoms with Gasteiger partial charge in [0, 0.05) is 19.3 Å². The first kappa shape index (κ1) is 14.2. The molecule has 0 fully saturated rings. The second-order valence-corrected chi connectivity index (χ2v) is 1.83. The third kappa shape index (κ3) is 1.53. The van der Waals surface area contributed by atoms with Gasteiger partial charge in [0.2, 0.25) is 0 Å². The molecule has 0 bridgehead atoms. The first-order valence-corrected chi connectivity index (χ1v) is 2.49. The van der Waals surface area contributed by atoms with Crippen LogP contribution in [0.1, 0.15) is 0 Å². The molecule has 4 N–H and O–H groups in total. The molecule has 0 aliphatic rings.